The summed E-state index contributed by atoms with van der Waals surface area (Å²) in [7, 11) is -0.792. The quantitative estimate of drug-likeness (QED) is 0.715. The maximum absolute atomic E-state index is 13.1. The van der Waals surface area contributed by atoms with Gasteiger partial charge in [0.15, 0.2) is 0 Å². The van der Waals surface area contributed by atoms with Crippen LogP contribution in [0.2, 0.25) is 0 Å². The molecule has 2 N–H and O–H groups in total. The minimum atomic E-state index is -3.76. The number of anilines is 1. The highest BCUT2D eigenvalue weighted by molar-refractivity contribution is 7.89. The summed E-state index contributed by atoms with van der Waals surface area (Å²) in [5.74, 6) is -0.649. The van der Waals surface area contributed by atoms with Gasteiger partial charge in [0, 0.05) is 27.3 Å². The van der Waals surface area contributed by atoms with Gasteiger partial charge < -0.3 is 15.2 Å². The smallest absolute Gasteiger partial charge is 0.243 e. The Hall–Kier alpha value is -1.22. The molecule has 0 aliphatic carbocycles. The van der Waals surface area contributed by atoms with Crippen LogP contribution in [0.15, 0.2) is 23.1 Å². The first-order chi connectivity index (χ1) is 9.43. The van der Waals surface area contributed by atoms with Crippen molar-refractivity contribution in [1.82, 2.24) is 4.31 Å². The van der Waals surface area contributed by atoms with E-state index in [0.717, 1.165) is 12.1 Å². The van der Waals surface area contributed by atoms with E-state index >= 15 is 0 Å². The molecule has 1 aromatic rings. The van der Waals surface area contributed by atoms with Crippen LogP contribution in [-0.4, -0.2) is 53.2 Å². The first-order valence-corrected chi connectivity index (χ1v) is 7.40. The van der Waals surface area contributed by atoms with Gasteiger partial charge in [0.2, 0.25) is 10.0 Å². The van der Waals surface area contributed by atoms with E-state index in [0.29, 0.717) is 0 Å². The fourth-order valence-electron chi connectivity index (χ4n) is 1.57. The number of methoxy groups -OCH3 is 2. The molecule has 0 aliphatic rings. The summed E-state index contributed by atoms with van der Waals surface area (Å²) in [4.78, 5) is -0.0522. The van der Waals surface area contributed by atoms with E-state index in [1.54, 1.807) is 0 Å². The average molecular weight is 306 g/mol. The van der Waals surface area contributed by atoms with Crippen molar-refractivity contribution < 1.29 is 22.3 Å². The van der Waals surface area contributed by atoms with Gasteiger partial charge in [-0.2, -0.15) is 4.31 Å². The van der Waals surface area contributed by atoms with Crippen LogP contribution in [0.1, 0.15) is 0 Å². The Morgan fingerprint density at radius 3 is 2.20 bits per heavy atom. The van der Waals surface area contributed by atoms with Gasteiger partial charge in [0.1, 0.15) is 5.82 Å². The fourth-order valence-corrected chi connectivity index (χ4v) is 3.01. The average Bonchev–Trinajstić information content (AvgIpc) is 2.41. The number of benzene rings is 1. The molecule has 114 valence electrons. The number of sulfonamides is 1. The molecule has 8 heteroatoms. The van der Waals surface area contributed by atoms with Gasteiger partial charge in [-0.15, -0.1) is 0 Å². The van der Waals surface area contributed by atoms with E-state index in [2.05, 4.69) is 0 Å². The lowest BCUT2D eigenvalue weighted by atomic mass is 10.3. The van der Waals surface area contributed by atoms with Crippen LogP contribution in [0, 0.1) is 5.82 Å². The van der Waals surface area contributed by atoms with E-state index < -0.39 is 15.8 Å². The minimum absolute atomic E-state index is 0.0522. The van der Waals surface area contributed by atoms with Gasteiger partial charge in [-0.25, -0.2) is 12.8 Å². The number of hydrogen-bond donors (Lipinski definition) is 1. The molecule has 0 saturated heterocycles. The van der Waals surface area contributed by atoms with Crippen LogP contribution in [0.4, 0.5) is 10.1 Å². The highest BCUT2D eigenvalue weighted by atomic mass is 32.2. The summed E-state index contributed by atoms with van der Waals surface area (Å²) in [6.07, 6.45) is 0. The van der Waals surface area contributed by atoms with Crippen molar-refractivity contribution in [2.45, 2.75) is 4.90 Å². The second kappa shape index (κ2) is 7.53. The van der Waals surface area contributed by atoms with Crippen molar-refractivity contribution in [3.8, 4) is 0 Å². The SMILES string of the molecule is COCCN(CCOC)S(=O)(=O)c1ccc(F)c(N)c1. The van der Waals surface area contributed by atoms with Crippen molar-refractivity contribution in [1.29, 1.82) is 0 Å². The zero-order valence-corrected chi connectivity index (χ0v) is 12.3. The predicted molar refractivity (Wildman–Crippen MR) is 73.3 cm³/mol. The molecule has 1 aromatic carbocycles. The highest BCUT2D eigenvalue weighted by Crippen LogP contribution is 2.20. The largest absolute Gasteiger partial charge is 0.396 e. The lowest BCUT2D eigenvalue weighted by Crippen LogP contribution is -2.36. The van der Waals surface area contributed by atoms with Crippen LogP contribution in [0.3, 0.4) is 0 Å². The Morgan fingerprint density at radius 2 is 1.75 bits per heavy atom. The number of nitrogen functional groups attached to an aromatic ring is 1. The van der Waals surface area contributed by atoms with Crippen LogP contribution in [0.25, 0.3) is 0 Å². The summed E-state index contributed by atoms with van der Waals surface area (Å²) < 4.78 is 49.0. The number of nitrogens with zero attached hydrogens (tertiary/aromatic N) is 1. The standard InChI is InChI=1S/C12H19FN2O4S/c1-18-7-5-15(6-8-19-2)20(16,17)10-3-4-11(13)12(14)9-10/h3-4,9H,5-8,14H2,1-2H3. The van der Waals surface area contributed by atoms with Gasteiger partial charge in [-0.05, 0) is 18.2 Å². The van der Waals surface area contributed by atoms with Gasteiger partial charge >= 0.3 is 0 Å². The number of hydrogen-bond acceptors (Lipinski definition) is 5. The highest BCUT2D eigenvalue weighted by Gasteiger charge is 2.24. The van der Waals surface area contributed by atoms with E-state index in [1.165, 1.54) is 24.6 Å². The third-order valence-electron chi connectivity index (χ3n) is 2.69. The maximum Gasteiger partial charge on any atom is 0.243 e. The van der Waals surface area contributed by atoms with Crippen molar-refractivity contribution in [2.24, 2.45) is 0 Å². The third-order valence-corrected chi connectivity index (χ3v) is 4.59. The molecule has 0 heterocycles. The molecule has 0 atom stereocenters. The Morgan fingerprint density at radius 1 is 1.20 bits per heavy atom. The maximum atomic E-state index is 13.1. The van der Waals surface area contributed by atoms with Crippen molar-refractivity contribution in [3.63, 3.8) is 0 Å². The monoisotopic (exact) mass is 306 g/mol. The van der Waals surface area contributed by atoms with Crippen molar-refractivity contribution >= 4 is 15.7 Å². The van der Waals surface area contributed by atoms with Crippen LogP contribution < -0.4 is 5.73 Å². The minimum Gasteiger partial charge on any atom is -0.396 e. The van der Waals surface area contributed by atoms with E-state index in [1.807, 2.05) is 0 Å². The number of ether oxygens (including phenoxy) is 2. The molecule has 0 saturated carbocycles. The topological polar surface area (TPSA) is 81.9 Å². The second-order valence-corrected chi connectivity index (χ2v) is 6.01. The summed E-state index contributed by atoms with van der Waals surface area (Å²) in [6, 6.07) is 3.33. The van der Waals surface area contributed by atoms with Crippen LogP contribution in [-0.2, 0) is 19.5 Å². The molecule has 0 bridgehead atoms. The van der Waals surface area contributed by atoms with Gasteiger partial charge in [0.05, 0.1) is 23.8 Å². The fraction of sp³-hybridized carbons (Fsp3) is 0.500. The third kappa shape index (κ3) is 4.14. The van der Waals surface area contributed by atoms with Crippen LogP contribution in [0.5, 0.6) is 0 Å². The summed E-state index contributed by atoms with van der Waals surface area (Å²) in [5.41, 5.74) is 5.21. The second-order valence-electron chi connectivity index (χ2n) is 4.07. The van der Waals surface area contributed by atoms with Crippen LogP contribution >= 0.6 is 0 Å². The van der Waals surface area contributed by atoms with Gasteiger partial charge in [0.25, 0.3) is 0 Å². The van der Waals surface area contributed by atoms with Crippen molar-refractivity contribution in [3.05, 3.63) is 24.0 Å². The number of halogens is 1. The Bertz CT molecular complexity index is 528. The molecule has 0 amide bonds. The summed E-state index contributed by atoms with van der Waals surface area (Å²) >= 11 is 0. The van der Waals surface area contributed by atoms with E-state index in [4.69, 9.17) is 15.2 Å². The Kier molecular flexibility index (Phi) is 6.34. The molecule has 0 radical (unpaired) electrons. The molecule has 0 aliphatic heterocycles. The number of nitrogens with two attached hydrogens (primary N) is 1. The summed E-state index contributed by atoms with van der Waals surface area (Å²) in [6.45, 7) is 0.859. The molecule has 0 aromatic heterocycles. The lowest BCUT2D eigenvalue weighted by Gasteiger charge is -2.21. The van der Waals surface area contributed by atoms with Crippen molar-refractivity contribution in [2.75, 3.05) is 46.3 Å². The first kappa shape index (κ1) is 16.8. The molecule has 0 unspecified atom stereocenters. The Labute approximate surface area is 118 Å². The number of rotatable bonds is 8. The molecule has 20 heavy (non-hydrogen) atoms. The molecular weight excluding hydrogens is 287 g/mol. The zero-order chi connectivity index (χ0) is 15.2. The van der Waals surface area contributed by atoms with E-state index in [9.17, 15) is 12.8 Å². The molecule has 6 nitrogen and oxygen atoms in total. The molecular formula is C12H19FN2O4S. The molecule has 0 spiro atoms. The van der Waals surface area contributed by atoms with Gasteiger partial charge in [-0.1, -0.05) is 0 Å². The predicted octanol–water partition coefficient (Wildman–Crippen LogP) is 0.691. The van der Waals surface area contributed by atoms with E-state index in [-0.39, 0.29) is 36.9 Å². The first-order valence-electron chi connectivity index (χ1n) is 5.96. The summed E-state index contributed by atoms with van der Waals surface area (Å²) in [5, 5.41) is 0. The molecule has 1 rings (SSSR count). The molecule has 0 fully saturated rings. The lowest BCUT2D eigenvalue weighted by molar-refractivity contribution is 0.150. The van der Waals surface area contributed by atoms with Gasteiger partial charge in [-0.3, -0.25) is 0 Å². The Balaban J connectivity index is 3.03. The normalized spacial score (nSPS) is 12.0. The zero-order valence-electron chi connectivity index (χ0n) is 11.5.